The Balaban J connectivity index is 2.18. The Hall–Kier alpha value is -1.86. The zero-order valence-corrected chi connectivity index (χ0v) is 10.4. The van der Waals surface area contributed by atoms with Crippen LogP contribution < -0.4 is 10.5 Å². The van der Waals surface area contributed by atoms with Crippen LogP contribution in [0.5, 0.6) is 5.75 Å². The van der Waals surface area contributed by atoms with Gasteiger partial charge in [-0.15, -0.1) is 0 Å². The fourth-order valence-corrected chi connectivity index (χ4v) is 2.05. The third kappa shape index (κ3) is 2.52. The molecule has 0 unspecified atom stereocenters. The van der Waals surface area contributed by atoms with Crippen molar-refractivity contribution in [1.82, 2.24) is 0 Å². The van der Waals surface area contributed by atoms with Gasteiger partial charge in [0, 0.05) is 11.1 Å². The Morgan fingerprint density at radius 3 is 2.39 bits per heavy atom. The van der Waals surface area contributed by atoms with Gasteiger partial charge in [0.25, 0.3) is 10.0 Å². The molecule has 0 spiro atoms. The molecule has 1 aromatic rings. The summed E-state index contributed by atoms with van der Waals surface area (Å²) in [4.78, 5) is 11.6. The van der Waals surface area contributed by atoms with Gasteiger partial charge in [-0.05, 0) is 24.3 Å². The number of esters is 1. The molecule has 0 bridgehead atoms. The average Bonchev–Trinajstić information content (AvgIpc) is 2.57. The molecule has 1 heterocycles. The van der Waals surface area contributed by atoms with Gasteiger partial charge in [0.15, 0.2) is 10.7 Å². The summed E-state index contributed by atoms with van der Waals surface area (Å²) >= 11 is 5.66. The number of halogens is 1. The molecule has 18 heavy (non-hydrogen) atoms. The molecule has 0 saturated carbocycles. The van der Waals surface area contributed by atoms with E-state index in [1.165, 1.54) is 24.3 Å². The summed E-state index contributed by atoms with van der Waals surface area (Å²) in [6.07, 6.45) is 0.952. The molecule has 1 aliphatic rings. The molecule has 1 aromatic carbocycles. The number of carbonyl (C=O) groups excluding carboxylic acids is 1. The molecule has 0 fully saturated rings. The number of rotatable bonds is 2. The molecule has 94 valence electrons. The summed E-state index contributed by atoms with van der Waals surface area (Å²) in [5.74, 6) is -0.676. The number of ether oxygens (including phenoxy) is 1. The summed E-state index contributed by atoms with van der Waals surface area (Å²) in [5, 5.41) is 0.00489. The van der Waals surface area contributed by atoms with E-state index in [1.807, 2.05) is 0 Å². The molecule has 2 rings (SSSR count). The van der Waals surface area contributed by atoms with E-state index in [4.69, 9.17) is 22.1 Å². The maximum Gasteiger partial charge on any atom is 0.363 e. The van der Waals surface area contributed by atoms with Crippen molar-refractivity contribution in [2.24, 2.45) is 10.1 Å². The minimum Gasteiger partial charge on any atom is -0.422 e. The van der Waals surface area contributed by atoms with Crippen molar-refractivity contribution in [3.63, 3.8) is 0 Å². The van der Waals surface area contributed by atoms with Crippen LogP contribution in [0.3, 0.4) is 0 Å². The maximum absolute atomic E-state index is 11.6. The van der Waals surface area contributed by atoms with Crippen LogP contribution >= 0.6 is 11.6 Å². The van der Waals surface area contributed by atoms with Crippen molar-refractivity contribution < 1.29 is 17.9 Å². The van der Waals surface area contributed by atoms with E-state index in [-0.39, 0.29) is 11.5 Å². The van der Waals surface area contributed by atoms with E-state index in [9.17, 15) is 13.2 Å². The van der Waals surface area contributed by atoms with Gasteiger partial charge in [0.1, 0.15) is 5.75 Å². The summed E-state index contributed by atoms with van der Waals surface area (Å²) in [6.45, 7) is 0. The fourth-order valence-electron chi connectivity index (χ4n) is 1.18. The lowest BCUT2D eigenvalue weighted by Gasteiger charge is -2.01. The lowest BCUT2D eigenvalue weighted by Crippen LogP contribution is -2.17. The van der Waals surface area contributed by atoms with Crippen LogP contribution in [0.2, 0.25) is 5.02 Å². The zero-order valence-electron chi connectivity index (χ0n) is 8.83. The molecule has 2 N–H and O–H groups in total. The first kappa shape index (κ1) is 12.6. The van der Waals surface area contributed by atoms with Crippen molar-refractivity contribution in [1.29, 1.82) is 0 Å². The smallest absolute Gasteiger partial charge is 0.363 e. The summed E-state index contributed by atoms with van der Waals surface area (Å²) in [5.41, 5.74) is 4.83. The lowest BCUT2D eigenvalue weighted by atomic mass is 10.3. The monoisotopic (exact) mass is 286 g/mol. The fraction of sp³-hybridized carbons (Fsp3) is 0. The van der Waals surface area contributed by atoms with Crippen LogP contribution in [0.1, 0.15) is 0 Å². The Morgan fingerprint density at radius 2 is 1.89 bits per heavy atom. The van der Waals surface area contributed by atoms with Gasteiger partial charge < -0.3 is 10.5 Å². The first-order valence-corrected chi connectivity index (χ1v) is 6.50. The van der Waals surface area contributed by atoms with Crippen LogP contribution in [-0.4, -0.2) is 20.1 Å². The van der Waals surface area contributed by atoms with Crippen LogP contribution in [0, 0.1) is 0 Å². The highest BCUT2D eigenvalue weighted by Gasteiger charge is 2.27. The van der Waals surface area contributed by atoms with Gasteiger partial charge in [0.2, 0.25) is 0 Å². The Kier molecular flexibility index (Phi) is 3.10. The van der Waals surface area contributed by atoms with Crippen molar-refractivity contribution in [2.45, 2.75) is 0 Å². The number of hydrogen-bond donors (Lipinski definition) is 1. The molecule has 0 aliphatic carbocycles. The number of sulfonamides is 1. The second kappa shape index (κ2) is 4.43. The predicted octanol–water partition coefficient (Wildman–Crippen LogP) is 0.830. The SMILES string of the molecule is NC1=CC(C(=O)Oc2ccc(Cl)cc2)=NS1(=O)=O. The van der Waals surface area contributed by atoms with Crippen LogP contribution in [-0.2, 0) is 14.8 Å². The van der Waals surface area contributed by atoms with E-state index in [1.54, 1.807) is 0 Å². The third-order valence-corrected chi connectivity index (χ3v) is 3.43. The Morgan fingerprint density at radius 1 is 1.28 bits per heavy atom. The van der Waals surface area contributed by atoms with Crippen molar-refractivity contribution in [3.8, 4) is 5.75 Å². The molecular weight excluding hydrogens is 280 g/mol. The van der Waals surface area contributed by atoms with E-state index >= 15 is 0 Å². The zero-order chi connectivity index (χ0) is 13.3. The molecule has 0 atom stereocenters. The number of nitrogens with zero attached hydrogens (tertiary/aromatic N) is 1. The highest BCUT2D eigenvalue weighted by molar-refractivity contribution is 7.94. The van der Waals surface area contributed by atoms with E-state index in [0.29, 0.717) is 5.02 Å². The van der Waals surface area contributed by atoms with E-state index in [0.717, 1.165) is 6.08 Å². The van der Waals surface area contributed by atoms with Gasteiger partial charge in [-0.2, -0.15) is 12.8 Å². The molecule has 8 heteroatoms. The van der Waals surface area contributed by atoms with Crippen LogP contribution in [0.25, 0.3) is 0 Å². The van der Waals surface area contributed by atoms with E-state index < -0.39 is 21.0 Å². The molecule has 0 saturated heterocycles. The van der Waals surface area contributed by atoms with E-state index in [2.05, 4.69) is 4.40 Å². The van der Waals surface area contributed by atoms with Gasteiger partial charge in [0.05, 0.1) is 0 Å². The second-order valence-electron chi connectivity index (χ2n) is 3.34. The quantitative estimate of drug-likeness (QED) is 0.641. The van der Waals surface area contributed by atoms with Gasteiger partial charge in [-0.3, -0.25) is 0 Å². The molecule has 1 aliphatic heterocycles. The average molecular weight is 287 g/mol. The number of carbonyl (C=O) groups is 1. The lowest BCUT2D eigenvalue weighted by molar-refractivity contribution is -0.126. The molecule has 0 aromatic heterocycles. The van der Waals surface area contributed by atoms with Crippen LogP contribution in [0.4, 0.5) is 0 Å². The molecule has 6 nitrogen and oxygen atoms in total. The Labute approximate surface area is 108 Å². The maximum atomic E-state index is 11.6. The summed E-state index contributed by atoms with van der Waals surface area (Å²) < 4.78 is 30.4. The van der Waals surface area contributed by atoms with Gasteiger partial charge in [-0.25, -0.2) is 4.79 Å². The standard InChI is InChI=1S/C10H7ClN2O4S/c11-6-1-3-7(4-2-6)17-10(14)8-5-9(12)18(15,16)13-8/h1-5H,12H2. The minimum absolute atomic E-state index is 0.225. The molecule has 0 amide bonds. The Bertz CT molecular complexity index is 662. The highest BCUT2D eigenvalue weighted by atomic mass is 35.5. The van der Waals surface area contributed by atoms with Gasteiger partial charge >= 0.3 is 5.97 Å². The van der Waals surface area contributed by atoms with Crippen molar-refractivity contribution in [3.05, 3.63) is 40.4 Å². The number of nitrogens with two attached hydrogens (primary N) is 1. The largest absolute Gasteiger partial charge is 0.422 e. The highest BCUT2D eigenvalue weighted by Crippen LogP contribution is 2.17. The summed E-state index contributed by atoms with van der Waals surface area (Å²) in [7, 11) is -3.91. The summed E-state index contributed by atoms with van der Waals surface area (Å²) in [6, 6.07) is 6.00. The topological polar surface area (TPSA) is 98.8 Å². The van der Waals surface area contributed by atoms with Crippen molar-refractivity contribution in [2.75, 3.05) is 0 Å². The molecular formula is C10H7ClN2O4S. The first-order chi connectivity index (χ1) is 8.38. The minimum atomic E-state index is -3.91. The molecule has 0 radical (unpaired) electrons. The predicted molar refractivity (Wildman–Crippen MR) is 65.7 cm³/mol. The van der Waals surface area contributed by atoms with Gasteiger partial charge in [-0.1, -0.05) is 11.6 Å². The normalized spacial score (nSPS) is 16.9. The third-order valence-electron chi connectivity index (χ3n) is 2.03. The first-order valence-electron chi connectivity index (χ1n) is 4.68. The van der Waals surface area contributed by atoms with Crippen molar-refractivity contribution >= 4 is 33.3 Å². The second-order valence-corrected chi connectivity index (χ2v) is 5.38. The number of benzene rings is 1. The van der Waals surface area contributed by atoms with Crippen LogP contribution in [0.15, 0.2) is 39.8 Å². The number of hydrogen-bond acceptors (Lipinski definition) is 5.